The van der Waals surface area contributed by atoms with Crippen LogP contribution >= 0.6 is 0 Å². The van der Waals surface area contributed by atoms with Crippen molar-refractivity contribution >= 4 is 16.7 Å². The van der Waals surface area contributed by atoms with Gasteiger partial charge in [-0.05, 0) is 88.2 Å². The summed E-state index contributed by atoms with van der Waals surface area (Å²) in [6.07, 6.45) is 9.31. The zero-order valence-corrected chi connectivity index (χ0v) is 18.7. The molecule has 3 nitrogen and oxygen atoms in total. The second kappa shape index (κ2) is 9.00. The van der Waals surface area contributed by atoms with Crippen LogP contribution in [0, 0.1) is 12.8 Å². The van der Waals surface area contributed by atoms with Gasteiger partial charge in [-0.1, -0.05) is 42.0 Å². The molecule has 162 valence electrons. The third-order valence-corrected chi connectivity index (χ3v) is 7.22. The number of benzene rings is 2. The number of aryl methyl sites for hydroxylation is 1. The van der Waals surface area contributed by atoms with E-state index in [1.807, 2.05) is 31.2 Å². The molecule has 2 aromatic carbocycles. The zero-order chi connectivity index (χ0) is 21.2. The highest BCUT2D eigenvalue weighted by Gasteiger charge is 2.26. The highest BCUT2D eigenvalue weighted by Crippen LogP contribution is 2.37. The lowest BCUT2D eigenvalue weighted by molar-refractivity contribution is 0.0972. The number of carbonyl (C=O) groups is 1. The van der Waals surface area contributed by atoms with Crippen LogP contribution < -0.4 is 0 Å². The highest BCUT2D eigenvalue weighted by molar-refractivity contribution is 5.96. The van der Waals surface area contributed by atoms with Gasteiger partial charge in [0, 0.05) is 35.6 Å². The van der Waals surface area contributed by atoms with Gasteiger partial charge in [-0.3, -0.25) is 4.79 Å². The second-order valence-electron chi connectivity index (χ2n) is 9.71. The summed E-state index contributed by atoms with van der Waals surface area (Å²) in [4.78, 5) is 15.0. The number of piperidine rings is 1. The molecule has 2 aliphatic rings. The monoisotopic (exact) mass is 414 g/mol. The summed E-state index contributed by atoms with van der Waals surface area (Å²) in [5.74, 6) is 1.84. The van der Waals surface area contributed by atoms with E-state index in [0.717, 1.165) is 43.1 Å². The van der Waals surface area contributed by atoms with Gasteiger partial charge in [0.2, 0.25) is 0 Å². The summed E-state index contributed by atoms with van der Waals surface area (Å²) in [5.41, 5.74) is 5.00. The third-order valence-electron chi connectivity index (χ3n) is 7.22. The Labute approximate surface area is 186 Å². The number of fused-ring (bicyclic) bond motifs is 1. The Bertz CT molecular complexity index is 1050. The van der Waals surface area contributed by atoms with Crippen LogP contribution in [0.5, 0.6) is 0 Å². The van der Waals surface area contributed by atoms with Crippen LogP contribution in [0.25, 0.3) is 10.9 Å². The molecular weight excluding hydrogens is 380 g/mol. The molecule has 1 aromatic heterocycles. The Morgan fingerprint density at radius 2 is 1.81 bits per heavy atom. The van der Waals surface area contributed by atoms with Crippen LogP contribution in [-0.4, -0.2) is 34.9 Å². The Hall–Kier alpha value is -2.39. The normalized spacial score (nSPS) is 18.0. The quantitative estimate of drug-likeness (QED) is 0.410. The highest BCUT2D eigenvalue weighted by atomic mass is 16.1. The van der Waals surface area contributed by atoms with Crippen molar-refractivity contribution < 1.29 is 4.79 Å². The van der Waals surface area contributed by atoms with Gasteiger partial charge < -0.3 is 9.47 Å². The summed E-state index contributed by atoms with van der Waals surface area (Å²) in [5, 5.41) is 1.46. The molecule has 0 spiro atoms. The van der Waals surface area contributed by atoms with Crippen LogP contribution in [-0.2, 0) is 6.54 Å². The number of Topliss-reactive ketones (excluding diaryl/α,β-unsaturated/α-hetero) is 1. The fourth-order valence-electron chi connectivity index (χ4n) is 5.22. The first-order valence-electron chi connectivity index (χ1n) is 12.1. The van der Waals surface area contributed by atoms with Crippen LogP contribution in [0.2, 0.25) is 0 Å². The maximum Gasteiger partial charge on any atom is 0.162 e. The number of hydrogen-bond acceptors (Lipinski definition) is 2. The van der Waals surface area contributed by atoms with Gasteiger partial charge in [0.25, 0.3) is 0 Å². The average molecular weight is 415 g/mol. The first-order chi connectivity index (χ1) is 15.2. The molecule has 2 heterocycles. The van der Waals surface area contributed by atoms with Crippen LogP contribution in [0.4, 0.5) is 0 Å². The Morgan fingerprint density at radius 3 is 2.58 bits per heavy atom. The maximum absolute atomic E-state index is 12.5. The van der Waals surface area contributed by atoms with Crippen LogP contribution in [0.3, 0.4) is 0 Å². The molecule has 2 fully saturated rings. The molecular formula is C28H34N2O. The molecule has 0 radical (unpaired) electrons. The van der Waals surface area contributed by atoms with Crippen molar-refractivity contribution in [2.24, 2.45) is 5.92 Å². The molecule has 31 heavy (non-hydrogen) atoms. The Morgan fingerprint density at radius 1 is 1.00 bits per heavy atom. The standard InChI is InChI=1S/C28H34N2O/c1-21-6-4-7-24(18-21)28(31)10-5-15-29-16-13-23(14-17-29)26-20-30(19-22-11-12-22)27-9-3-2-8-25(26)27/h2-4,6-9,18,20,22-23H,5,10-17,19H2,1H3. The number of nitrogens with zero attached hydrogens (tertiary/aromatic N) is 2. The van der Waals surface area contributed by atoms with Gasteiger partial charge in [-0.15, -0.1) is 0 Å². The predicted molar refractivity (Wildman–Crippen MR) is 128 cm³/mol. The van der Waals surface area contributed by atoms with Gasteiger partial charge in [0.15, 0.2) is 5.78 Å². The minimum atomic E-state index is 0.280. The Balaban J connectivity index is 1.15. The fraction of sp³-hybridized carbons (Fsp3) is 0.464. The van der Waals surface area contributed by atoms with E-state index in [0.29, 0.717) is 12.3 Å². The van der Waals surface area contributed by atoms with Gasteiger partial charge >= 0.3 is 0 Å². The van der Waals surface area contributed by atoms with Gasteiger partial charge in [0.1, 0.15) is 0 Å². The molecule has 0 amide bonds. The lowest BCUT2D eigenvalue weighted by Gasteiger charge is -2.32. The van der Waals surface area contributed by atoms with E-state index in [2.05, 4.69) is 39.9 Å². The van der Waals surface area contributed by atoms with E-state index in [9.17, 15) is 4.79 Å². The predicted octanol–water partition coefficient (Wildman–Crippen LogP) is 6.20. The minimum absolute atomic E-state index is 0.280. The first kappa shape index (κ1) is 20.5. The lowest BCUT2D eigenvalue weighted by Crippen LogP contribution is -2.33. The molecule has 1 saturated carbocycles. The van der Waals surface area contributed by atoms with Crippen LogP contribution in [0.1, 0.15) is 65.9 Å². The molecule has 1 saturated heterocycles. The van der Waals surface area contributed by atoms with Crippen molar-refractivity contribution in [1.82, 2.24) is 9.47 Å². The number of likely N-dealkylation sites (tertiary alicyclic amines) is 1. The van der Waals surface area contributed by atoms with Crippen molar-refractivity contribution in [1.29, 1.82) is 0 Å². The van der Waals surface area contributed by atoms with Gasteiger partial charge in [0.05, 0.1) is 0 Å². The minimum Gasteiger partial charge on any atom is -0.347 e. The largest absolute Gasteiger partial charge is 0.347 e. The van der Waals surface area contributed by atoms with E-state index < -0.39 is 0 Å². The van der Waals surface area contributed by atoms with Gasteiger partial charge in [-0.25, -0.2) is 0 Å². The number of hydrogen-bond donors (Lipinski definition) is 0. The summed E-state index contributed by atoms with van der Waals surface area (Å²) >= 11 is 0. The van der Waals surface area contributed by atoms with Crippen molar-refractivity contribution in [3.63, 3.8) is 0 Å². The SMILES string of the molecule is Cc1cccc(C(=O)CCCN2CCC(c3cn(CC4CC4)c4ccccc34)CC2)c1. The smallest absolute Gasteiger partial charge is 0.162 e. The number of rotatable bonds is 8. The number of carbonyl (C=O) groups excluding carboxylic acids is 1. The Kier molecular flexibility index (Phi) is 5.95. The molecule has 5 rings (SSSR count). The maximum atomic E-state index is 12.5. The van der Waals surface area contributed by atoms with E-state index in [-0.39, 0.29) is 5.78 Å². The molecule has 0 unspecified atom stereocenters. The van der Waals surface area contributed by atoms with Gasteiger partial charge in [-0.2, -0.15) is 0 Å². The van der Waals surface area contributed by atoms with E-state index in [4.69, 9.17) is 0 Å². The zero-order valence-electron chi connectivity index (χ0n) is 18.7. The molecule has 3 aromatic rings. The van der Waals surface area contributed by atoms with E-state index in [1.54, 1.807) is 5.56 Å². The van der Waals surface area contributed by atoms with E-state index in [1.165, 1.54) is 43.1 Å². The summed E-state index contributed by atoms with van der Waals surface area (Å²) in [6.45, 7) is 6.56. The van der Waals surface area contributed by atoms with Crippen molar-refractivity contribution in [2.45, 2.75) is 57.9 Å². The third kappa shape index (κ3) is 4.77. The molecule has 3 heteroatoms. The number of ketones is 1. The lowest BCUT2D eigenvalue weighted by atomic mass is 9.89. The molecule has 0 N–H and O–H groups in total. The number of para-hydroxylation sites is 1. The first-order valence-corrected chi connectivity index (χ1v) is 12.1. The fourth-order valence-corrected chi connectivity index (χ4v) is 5.22. The molecule has 0 bridgehead atoms. The summed E-state index contributed by atoms with van der Waals surface area (Å²) in [6, 6.07) is 17.0. The van der Waals surface area contributed by atoms with Crippen LogP contribution in [0.15, 0.2) is 54.7 Å². The molecule has 1 aliphatic carbocycles. The summed E-state index contributed by atoms with van der Waals surface area (Å²) < 4.78 is 2.52. The van der Waals surface area contributed by atoms with Crippen molar-refractivity contribution in [3.05, 3.63) is 71.4 Å². The molecule has 1 aliphatic heterocycles. The van der Waals surface area contributed by atoms with E-state index >= 15 is 0 Å². The second-order valence-corrected chi connectivity index (χ2v) is 9.71. The average Bonchev–Trinajstić information content (AvgIpc) is 3.54. The van der Waals surface area contributed by atoms with Crippen molar-refractivity contribution in [2.75, 3.05) is 19.6 Å². The number of aromatic nitrogens is 1. The topological polar surface area (TPSA) is 25.2 Å². The van der Waals surface area contributed by atoms with Crippen molar-refractivity contribution in [3.8, 4) is 0 Å². The molecule has 0 atom stereocenters. The summed E-state index contributed by atoms with van der Waals surface area (Å²) in [7, 11) is 0.